The maximum Gasteiger partial charge on any atom is 0.288 e. The van der Waals surface area contributed by atoms with Gasteiger partial charge in [-0.3, -0.25) is 0 Å². The smallest absolute Gasteiger partial charge is 0.198 e. The van der Waals surface area contributed by atoms with Crippen LogP contribution in [0.2, 0.25) is 0 Å². The molecule has 0 bridgehead atoms. The maximum absolute atomic E-state index is 12.5. The topological polar surface area (TPSA) is 0 Å². The molecular weight excluding hydrogens is 406 g/mol. The molecule has 0 spiro atoms. The van der Waals surface area contributed by atoms with Crippen molar-refractivity contribution in [1.82, 2.24) is 0 Å². The lowest BCUT2D eigenvalue weighted by Gasteiger charge is -2.29. The lowest BCUT2D eigenvalue weighted by molar-refractivity contribution is 0.252. The second kappa shape index (κ2) is 13.3. The van der Waals surface area contributed by atoms with Crippen molar-refractivity contribution in [1.29, 1.82) is 0 Å². The Labute approximate surface area is 192 Å². The van der Waals surface area contributed by atoms with Gasteiger partial charge in [-0.05, 0) is 66.3 Å². The highest BCUT2D eigenvalue weighted by Crippen LogP contribution is 2.38. The molecule has 2 aromatic carbocycles. The summed E-state index contributed by atoms with van der Waals surface area (Å²) in [5.74, 6) is -0.726. The number of hydrogen-bond donors (Lipinski definition) is 0. The van der Waals surface area contributed by atoms with E-state index in [1.165, 1.54) is 82.6 Å². The molecular formula is C28H38F2S. The molecule has 0 N–H and O–H groups in total. The predicted molar refractivity (Wildman–Crippen MR) is 131 cm³/mol. The molecule has 1 aliphatic carbocycles. The summed E-state index contributed by atoms with van der Waals surface area (Å²) in [4.78, 5) is 0.614. The number of rotatable bonds is 12. The first-order valence-electron chi connectivity index (χ1n) is 12.3. The highest BCUT2D eigenvalue weighted by atomic mass is 32.2. The van der Waals surface area contributed by atoms with Crippen molar-refractivity contribution >= 4 is 11.8 Å². The normalized spacial score (nSPS) is 19.1. The first kappa shape index (κ1) is 24.3. The van der Waals surface area contributed by atoms with Crippen LogP contribution in [0.15, 0.2) is 53.4 Å². The van der Waals surface area contributed by atoms with Crippen molar-refractivity contribution in [3.05, 3.63) is 54.1 Å². The molecule has 0 heterocycles. The van der Waals surface area contributed by atoms with E-state index in [0.29, 0.717) is 22.6 Å². The average molecular weight is 445 g/mol. The molecule has 170 valence electrons. The van der Waals surface area contributed by atoms with Crippen molar-refractivity contribution in [3.8, 4) is 11.1 Å². The van der Waals surface area contributed by atoms with Gasteiger partial charge in [-0.1, -0.05) is 106 Å². The fourth-order valence-electron chi connectivity index (χ4n) is 4.95. The molecule has 31 heavy (non-hydrogen) atoms. The third-order valence-electron chi connectivity index (χ3n) is 6.86. The summed E-state index contributed by atoms with van der Waals surface area (Å²) in [5, 5.41) is 0. The van der Waals surface area contributed by atoms with E-state index in [0.717, 1.165) is 17.0 Å². The minimum Gasteiger partial charge on any atom is -0.198 e. The molecule has 0 radical (unpaired) electrons. The molecule has 1 fully saturated rings. The van der Waals surface area contributed by atoms with Crippen molar-refractivity contribution in [2.45, 2.75) is 101 Å². The quantitative estimate of drug-likeness (QED) is 0.232. The van der Waals surface area contributed by atoms with Crippen LogP contribution in [0.3, 0.4) is 0 Å². The number of unbranched alkanes of at least 4 members (excludes halogenated alkanes) is 6. The molecule has 0 saturated heterocycles. The number of hydrogen-bond acceptors (Lipinski definition) is 1. The van der Waals surface area contributed by atoms with E-state index >= 15 is 0 Å². The van der Waals surface area contributed by atoms with Crippen LogP contribution < -0.4 is 0 Å². The molecule has 3 rings (SSSR count). The van der Waals surface area contributed by atoms with Crippen molar-refractivity contribution < 1.29 is 8.78 Å². The molecule has 1 aliphatic rings. The van der Waals surface area contributed by atoms with E-state index in [4.69, 9.17) is 0 Å². The third kappa shape index (κ3) is 8.25. The van der Waals surface area contributed by atoms with Gasteiger partial charge >= 0.3 is 0 Å². The van der Waals surface area contributed by atoms with Crippen LogP contribution in [0.5, 0.6) is 0 Å². The number of halogens is 2. The molecule has 0 aromatic heterocycles. The summed E-state index contributed by atoms with van der Waals surface area (Å²) >= 11 is 0.600. The zero-order valence-electron chi connectivity index (χ0n) is 19.0. The van der Waals surface area contributed by atoms with E-state index in [1.807, 2.05) is 12.1 Å². The van der Waals surface area contributed by atoms with Crippen molar-refractivity contribution in [3.63, 3.8) is 0 Å². The van der Waals surface area contributed by atoms with Crippen LogP contribution in [0, 0.1) is 5.92 Å². The van der Waals surface area contributed by atoms with E-state index in [-0.39, 0.29) is 0 Å². The summed E-state index contributed by atoms with van der Waals surface area (Å²) in [6.45, 7) is 2.28. The molecule has 0 aliphatic heterocycles. The summed E-state index contributed by atoms with van der Waals surface area (Å²) in [6, 6.07) is 16.4. The van der Waals surface area contributed by atoms with E-state index in [2.05, 4.69) is 31.2 Å². The van der Waals surface area contributed by atoms with Gasteiger partial charge in [0.1, 0.15) is 0 Å². The summed E-state index contributed by atoms with van der Waals surface area (Å²) in [5.41, 5.74) is 3.71. The summed E-state index contributed by atoms with van der Waals surface area (Å²) in [6.07, 6.45) is 16.7. The Morgan fingerprint density at radius 3 is 1.87 bits per heavy atom. The molecule has 0 unspecified atom stereocenters. The predicted octanol–water partition coefficient (Wildman–Crippen LogP) is 10.1. The molecule has 0 amide bonds. The van der Waals surface area contributed by atoms with Crippen LogP contribution in [-0.2, 0) is 0 Å². The third-order valence-corrected chi connectivity index (χ3v) is 7.58. The first-order valence-corrected chi connectivity index (χ1v) is 13.2. The average Bonchev–Trinajstić information content (AvgIpc) is 2.79. The highest BCUT2D eigenvalue weighted by Gasteiger charge is 2.22. The fraction of sp³-hybridized carbons (Fsp3) is 0.571. The van der Waals surface area contributed by atoms with Crippen LogP contribution >= 0.6 is 11.8 Å². The van der Waals surface area contributed by atoms with Crippen molar-refractivity contribution in [2.24, 2.45) is 5.92 Å². The van der Waals surface area contributed by atoms with Crippen LogP contribution in [-0.4, -0.2) is 5.76 Å². The second-order valence-corrected chi connectivity index (χ2v) is 10.2. The monoisotopic (exact) mass is 444 g/mol. The van der Waals surface area contributed by atoms with Gasteiger partial charge in [0, 0.05) is 4.90 Å². The number of alkyl halides is 2. The van der Waals surface area contributed by atoms with Gasteiger partial charge in [0.15, 0.2) is 0 Å². The second-order valence-electron chi connectivity index (χ2n) is 9.15. The maximum atomic E-state index is 12.5. The Bertz CT molecular complexity index is 731. The molecule has 0 nitrogen and oxygen atoms in total. The Hall–Kier alpha value is -1.35. The highest BCUT2D eigenvalue weighted by molar-refractivity contribution is 7.99. The molecule has 2 aromatic rings. The first-order chi connectivity index (χ1) is 15.2. The minimum absolute atomic E-state index is 0.600. The summed E-state index contributed by atoms with van der Waals surface area (Å²) in [7, 11) is 0. The van der Waals surface area contributed by atoms with Crippen LogP contribution in [0.1, 0.15) is 95.5 Å². The number of thioether (sulfide) groups is 1. The zero-order valence-corrected chi connectivity index (χ0v) is 19.8. The summed E-state index contributed by atoms with van der Waals surface area (Å²) < 4.78 is 25.0. The Kier molecular flexibility index (Phi) is 10.4. The standard InChI is InChI=1S/C28H38F2S/c1-2-3-4-5-6-7-8-9-22-10-12-23(13-11-22)24-14-16-25(17-15-24)26-18-20-27(21-19-26)31-28(29)30/h14-23,28H,2-13H2,1H3. The Morgan fingerprint density at radius 2 is 1.29 bits per heavy atom. The van der Waals surface area contributed by atoms with E-state index < -0.39 is 5.76 Å². The minimum atomic E-state index is -2.37. The molecule has 0 atom stereocenters. The molecule has 1 saturated carbocycles. The van der Waals surface area contributed by atoms with Crippen LogP contribution in [0.25, 0.3) is 11.1 Å². The number of benzene rings is 2. The van der Waals surface area contributed by atoms with Crippen molar-refractivity contribution in [2.75, 3.05) is 0 Å². The fourth-order valence-corrected chi connectivity index (χ4v) is 5.45. The van der Waals surface area contributed by atoms with Gasteiger partial charge in [-0.15, -0.1) is 0 Å². The van der Waals surface area contributed by atoms with Gasteiger partial charge < -0.3 is 0 Å². The SMILES string of the molecule is CCCCCCCCCC1CCC(c2ccc(-c3ccc(SC(F)F)cc3)cc2)CC1. The Balaban J connectivity index is 1.40. The van der Waals surface area contributed by atoms with Gasteiger partial charge in [0.25, 0.3) is 5.76 Å². The zero-order chi connectivity index (χ0) is 21.9. The van der Waals surface area contributed by atoms with Gasteiger partial charge in [-0.25, -0.2) is 0 Å². The Morgan fingerprint density at radius 1 is 0.742 bits per heavy atom. The lowest BCUT2D eigenvalue weighted by atomic mass is 9.77. The van der Waals surface area contributed by atoms with E-state index in [1.54, 1.807) is 12.1 Å². The lowest BCUT2D eigenvalue weighted by Crippen LogP contribution is -2.13. The van der Waals surface area contributed by atoms with Gasteiger partial charge in [-0.2, -0.15) is 8.78 Å². The van der Waals surface area contributed by atoms with Crippen LogP contribution in [0.4, 0.5) is 8.78 Å². The van der Waals surface area contributed by atoms with E-state index in [9.17, 15) is 8.78 Å². The molecule has 3 heteroatoms. The van der Waals surface area contributed by atoms with Gasteiger partial charge in [0.05, 0.1) is 0 Å². The van der Waals surface area contributed by atoms with Gasteiger partial charge in [0.2, 0.25) is 0 Å². The largest absolute Gasteiger partial charge is 0.288 e.